The average Bonchev–Trinajstić information content (AvgIpc) is 2.34. The fourth-order valence-electron chi connectivity index (χ4n) is 1.94. The molecule has 1 unspecified atom stereocenters. The predicted octanol–water partition coefficient (Wildman–Crippen LogP) is 3.20. The molecular weight excluding hydrogens is 208 g/mol. The van der Waals surface area contributed by atoms with Gasteiger partial charge in [-0.3, -0.25) is 0 Å². The summed E-state index contributed by atoms with van der Waals surface area (Å²) in [6, 6.07) is 8.75. The van der Waals surface area contributed by atoms with Crippen molar-refractivity contribution in [2.24, 2.45) is 11.7 Å². The predicted molar refractivity (Wildman–Crippen MR) is 76.5 cm³/mol. The third-order valence-electron chi connectivity index (χ3n) is 3.23. The Bertz CT molecular complexity index is 322. The standard InChI is InChI=1S/C15H26N2/c1-4-13(2)12-17(10-6-9-16)15-8-5-7-14(3)11-15/h5,7-8,11,13H,4,6,9-10,12,16H2,1-3H3. The van der Waals surface area contributed by atoms with Gasteiger partial charge in [0.05, 0.1) is 0 Å². The Labute approximate surface area is 106 Å². The number of hydrogen-bond acceptors (Lipinski definition) is 2. The van der Waals surface area contributed by atoms with E-state index in [1.165, 1.54) is 17.7 Å². The Morgan fingerprint density at radius 3 is 2.71 bits per heavy atom. The lowest BCUT2D eigenvalue weighted by molar-refractivity contribution is 0.539. The second-order valence-electron chi connectivity index (χ2n) is 4.94. The minimum atomic E-state index is 0.730. The molecule has 0 heterocycles. The molecule has 17 heavy (non-hydrogen) atoms. The highest BCUT2D eigenvalue weighted by Gasteiger charge is 2.09. The number of nitrogens with two attached hydrogens (primary N) is 1. The fraction of sp³-hybridized carbons (Fsp3) is 0.600. The summed E-state index contributed by atoms with van der Waals surface area (Å²) in [7, 11) is 0. The van der Waals surface area contributed by atoms with Crippen LogP contribution in [0.25, 0.3) is 0 Å². The first-order valence-corrected chi connectivity index (χ1v) is 6.69. The zero-order chi connectivity index (χ0) is 12.7. The Kier molecular flexibility index (Phi) is 6.06. The molecule has 0 fully saturated rings. The largest absolute Gasteiger partial charge is 0.371 e. The van der Waals surface area contributed by atoms with E-state index >= 15 is 0 Å². The maximum Gasteiger partial charge on any atom is 0.0368 e. The van der Waals surface area contributed by atoms with Crippen molar-refractivity contribution >= 4 is 5.69 Å². The zero-order valence-electron chi connectivity index (χ0n) is 11.4. The second kappa shape index (κ2) is 7.33. The van der Waals surface area contributed by atoms with Crippen LogP contribution in [-0.2, 0) is 0 Å². The zero-order valence-corrected chi connectivity index (χ0v) is 11.4. The van der Waals surface area contributed by atoms with Gasteiger partial charge in [-0.2, -0.15) is 0 Å². The van der Waals surface area contributed by atoms with Gasteiger partial charge in [-0.15, -0.1) is 0 Å². The third kappa shape index (κ3) is 4.78. The van der Waals surface area contributed by atoms with Crippen LogP contribution in [0.5, 0.6) is 0 Å². The van der Waals surface area contributed by atoms with Crippen LogP contribution in [0.2, 0.25) is 0 Å². The van der Waals surface area contributed by atoms with Gasteiger partial charge in [0.1, 0.15) is 0 Å². The Balaban J connectivity index is 2.74. The summed E-state index contributed by atoms with van der Waals surface area (Å²) in [5, 5.41) is 0. The molecule has 0 saturated carbocycles. The lowest BCUT2D eigenvalue weighted by atomic mass is 10.1. The molecule has 0 aliphatic carbocycles. The summed E-state index contributed by atoms with van der Waals surface area (Å²) in [6.45, 7) is 9.66. The first kappa shape index (κ1) is 14.0. The maximum atomic E-state index is 5.62. The van der Waals surface area contributed by atoms with Crippen molar-refractivity contribution in [2.45, 2.75) is 33.6 Å². The monoisotopic (exact) mass is 234 g/mol. The molecule has 96 valence electrons. The van der Waals surface area contributed by atoms with Crippen molar-refractivity contribution in [3.63, 3.8) is 0 Å². The molecule has 1 rings (SSSR count). The average molecular weight is 234 g/mol. The molecule has 0 amide bonds. The highest BCUT2D eigenvalue weighted by atomic mass is 15.1. The third-order valence-corrected chi connectivity index (χ3v) is 3.23. The molecule has 0 aliphatic heterocycles. The van der Waals surface area contributed by atoms with Crippen LogP contribution in [0.4, 0.5) is 5.69 Å². The van der Waals surface area contributed by atoms with Crippen LogP contribution < -0.4 is 10.6 Å². The molecule has 2 nitrogen and oxygen atoms in total. The van der Waals surface area contributed by atoms with Gasteiger partial charge in [0.25, 0.3) is 0 Å². The SMILES string of the molecule is CCC(C)CN(CCCN)c1cccc(C)c1. The summed E-state index contributed by atoms with van der Waals surface area (Å²) in [6.07, 6.45) is 2.29. The molecule has 1 aromatic carbocycles. The van der Waals surface area contributed by atoms with Crippen LogP contribution in [0.1, 0.15) is 32.3 Å². The highest BCUT2D eigenvalue weighted by molar-refractivity contribution is 5.48. The molecule has 0 spiro atoms. The van der Waals surface area contributed by atoms with Crippen molar-refractivity contribution in [1.82, 2.24) is 0 Å². The number of benzene rings is 1. The van der Waals surface area contributed by atoms with Crippen molar-refractivity contribution in [3.05, 3.63) is 29.8 Å². The van der Waals surface area contributed by atoms with Crippen LogP contribution in [-0.4, -0.2) is 19.6 Å². The number of nitrogens with zero attached hydrogens (tertiary/aromatic N) is 1. The number of hydrogen-bond donors (Lipinski definition) is 1. The molecule has 0 aromatic heterocycles. The molecular formula is C15H26N2. The summed E-state index contributed by atoms with van der Waals surface area (Å²) >= 11 is 0. The van der Waals surface area contributed by atoms with Crippen molar-refractivity contribution in [3.8, 4) is 0 Å². The summed E-state index contributed by atoms with van der Waals surface area (Å²) < 4.78 is 0. The van der Waals surface area contributed by atoms with E-state index in [9.17, 15) is 0 Å². The van der Waals surface area contributed by atoms with E-state index in [1.807, 2.05) is 0 Å². The molecule has 2 heteroatoms. The molecule has 2 N–H and O–H groups in total. The first-order chi connectivity index (χ1) is 8.17. The minimum Gasteiger partial charge on any atom is -0.371 e. The van der Waals surface area contributed by atoms with E-state index < -0.39 is 0 Å². The second-order valence-corrected chi connectivity index (χ2v) is 4.94. The molecule has 1 aromatic rings. The molecule has 0 aliphatic rings. The van der Waals surface area contributed by atoms with Crippen LogP contribution >= 0.6 is 0 Å². The maximum absolute atomic E-state index is 5.62. The topological polar surface area (TPSA) is 29.3 Å². The quantitative estimate of drug-likeness (QED) is 0.785. The molecule has 0 saturated heterocycles. The van der Waals surface area contributed by atoms with Gasteiger partial charge in [0, 0.05) is 18.8 Å². The van der Waals surface area contributed by atoms with E-state index in [2.05, 4.69) is 49.9 Å². The first-order valence-electron chi connectivity index (χ1n) is 6.69. The van der Waals surface area contributed by atoms with Gasteiger partial charge in [0.2, 0.25) is 0 Å². The lowest BCUT2D eigenvalue weighted by Gasteiger charge is -2.28. The van der Waals surface area contributed by atoms with Gasteiger partial charge >= 0.3 is 0 Å². The Morgan fingerprint density at radius 2 is 2.12 bits per heavy atom. The summed E-state index contributed by atoms with van der Waals surface area (Å²) in [5.41, 5.74) is 8.28. The number of aryl methyl sites for hydroxylation is 1. The van der Waals surface area contributed by atoms with Gasteiger partial charge in [-0.1, -0.05) is 32.4 Å². The van der Waals surface area contributed by atoms with Gasteiger partial charge < -0.3 is 10.6 Å². The van der Waals surface area contributed by atoms with Gasteiger partial charge in [-0.05, 0) is 43.5 Å². The van der Waals surface area contributed by atoms with E-state index in [1.54, 1.807) is 0 Å². The summed E-state index contributed by atoms with van der Waals surface area (Å²) in [4.78, 5) is 2.47. The van der Waals surface area contributed by atoms with Gasteiger partial charge in [-0.25, -0.2) is 0 Å². The van der Waals surface area contributed by atoms with Crippen LogP contribution in [0.15, 0.2) is 24.3 Å². The highest BCUT2D eigenvalue weighted by Crippen LogP contribution is 2.18. The van der Waals surface area contributed by atoms with Crippen molar-refractivity contribution < 1.29 is 0 Å². The summed E-state index contributed by atoms with van der Waals surface area (Å²) in [5.74, 6) is 0.730. The van der Waals surface area contributed by atoms with Crippen molar-refractivity contribution in [2.75, 3.05) is 24.5 Å². The molecule has 0 radical (unpaired) electrons. The van der Waals surface area contributed by atoms with E-state index in [-0.39, 0.29) is 0 Å². The molecule has 1 atom stereocenters. The number of anilines is 1. The number of rotatable bonds is 7. The van der Waals surface area contributed by atoms with E-state index in [0.717, 1.165) is 32.0 Å². The normalized spacial score (nSPS) is 12.5. The van der Waals surface area contributed by atoms with Crippen molar-refractivity contribution in [1.29, 1.82) is 0 Å². The Hall–Kier alpha value is -1.02. The smallest absolute Gasteiger partial charge is 0.0368 e. The fourth-order valence-corrected chi connectivity index (χ4v) is 1.94. The van der Waals surface area contributed by atoms with Gasteiger partial charge in [0.15, 0.2) is 0 Å². The van der Waals surface area contributed by atoms with E-state index in [4.69, 9.17) is 5.73 Å². The molecule has 0 bridgehead atoms. The Morgan fingerprint density at radius 1 is 1.35 bits per heavy atom. The van der Waals surface area contributed by atoms with E-state index in [0.29, 0.717) is 0 Å². The minimum absolute atomic E-state index is 0.730. The lowest BCUT2D eigenvalue weighted by Crippen LogP contribution is -2.30. The van der Waals surface area contributed by atoms with Crippen LogP contribution in [0, 0.1) is 12.8 Å². The van der Waals surface area contributed by atoms with Crippen LogP contribution in [0.3, 0.4) is 0 Å².